The molecule has 0 aliphatic carbocycles. The lowest BCUT2D eigenvalue weighted by atomic mass is 10.4. The van der Waals surface area contributed by atoms with Crippen LogP contribution in [0.25, 0.3) is 10.4 Å². The van der Waals surface area contributed by atoms with Gasteiger partial charge in [0.2, 0.25) is 0 Å². The molecule has 0 aliphatic heterocycles. The van der Waals surface area contributed by atoms with E-state index in [1.165, 1.54) is 11.3 Å². The van der Waals surface area contributed by atoms with Gasteiger partial charge in [-0.2, -0.15) is 0 Å². The third kappa shape index (κ3) is 2.93. The van der Waals surface area contributed by atoms with Gasteiger partial charge in [-0.15, -0.1) is 11.3 Å². The molecule has 0 aliphatic rings. The number of hydrogen-bond donors (Lipinski definition) is 0. The van der Waals surface area contributed by atoms with E-state index < -0.39 is 0 Å². The van der Waals surface area contributed by atoms with Gasteiger partial charge in [-0.25, -0.2) is 9.78 Å². The Morgan fingerprint density at radius 1 is 1.73 bits per heavy atom. The number of carbonyl (C=O) groups excluding carboxylic acids is 1. The second kappa shape index (κ2) is 5.33. The minimum absolute atomic E-state index is 0.168. The van der Waals surface area contributed by atoms with Gasteiger partial charge in [0, 0.05) is 4.91 Å². The molecule has 0 N–H and O–H groups in total. The highest BCUT2D eigenvalue weighted by Gasteiger charge is 2.15. The predicted octanol–water partition coefficient (Wildman–Crippen LogP) is 2.44. The molecular weight excluding hydrogens is 216 g/mol. The lowest BCUT2D eigenvalue weighted by molar-refractivity contribution is 0.0531. The van der Waals surface area contributed by atoms with Crippen LogP contribution in [0.2, 0.25) is 0 Å². The van der Waals surface area contributed by atoms with Crippen LogP contribution >= 0.6 is 11.3 Å². The summed E-state index contributed by atoms with van der Waals surface area (Å²) in [7, 11) is 0. The van der Waals surface area contributed by atoms with Gasteiger partial charge in [0.15, 0.2) is 0 Å². The predicted molar refractivity (Wildman–Crippen MR) is 55.7 cm³/mol. The average molecular weight is 226 g/mol. The number of esters is 1. The van der Waals surface area contributed by atoms with Crippen molar-refractivity contribution < 1.29 is 9.53 Å². The first kappa shape index (κ1) is 11.5. The SMILES string of the molecule is CCOC(=O)c1sc(CN=[N+]=[N-])nc1C. The summed E-state index contributed by atoms with van der Waals surface area (Å²) in [4.78, 5) is 18.6. The maximum Gasteiger partial charge on any atom is 0.350 e. The van der Waals surface area contributed by atoms with Gasteiger partial charge in [0.1, 0.15) is 4.88 Å². The number of carbonyl (C=O) groups is 1. The minimum atomic E-state index is -0.375. The largest absolute Gasteiger partial charge is 0.462 e. The minimum Gasteiger partial charge on any atom is -0.462 e. The first-order valence-corrected chi connectivity index (χ1v) is 5.15. The van der Waals surface area contributed by atoms with Crippen molar-refractivity contribution in [1.29, 1.82) is 0 Å². The van der Waals surface area contributed by atoms with Crippen molar-refractivity contribution in [2.45, 2.75) is 20.4 Å². The van der Waals surface area contributed by atoms with Crippen LogP contribution in [-0.4, -0.2) is 17.6 Å². The van der Waals surface area contributed by atoms with Crippen LogP contribution in [-0.2, 0) is 11.3 Å². The molecule has 1 heterocycles. The number of aryl methyl sites for hydroxylation is 1. The highest BCUT2D eigenvalue weighted by Crippen LogP contribution is 2.19. The topological polar surface area (TPSA) is 88.0 Å². The summed E-state index contributed by atoms with van der Waals surface area (Å²) in [5.41, 5.74) is 8.75. The Kier molecular flexibility index (Phi) is 4.08. The fourth-order valence-corrected chi connectivity index (χ4v) is 1.87. The Morgan fingerprint density at radius 3 is 3.07 bits per heavy atom. The van der Waals surface area contributed by atoms with Crippen molar-refractivity contribution in [1.82, 2.24) is 4.98 Å². The van der Waals surface area contributed by atoms with Gasteiger partial charge in [-0.3, -0.25) is 0 Å². The number of aromatic nitrogens is 1. The third-order valence-corrected chi connectivity index (χ3v) is 2.69. The third-order valence-electron chi connectivity index (χ3n) is 1.57. The van der Waals surface area contributed by atoms with Crippen LogP contribution < -0.4 is 0 Å². The molecule has 0 bridgehead atoms. The zero-order valence-electron chi connectivity index (χ0n) is 8.43. The molecule has 0 saturated carbocycles. The highest BCUT2D eigenvalue weighted by atomic mass is 32.1. The molecule has 0 saturated heterocycles. The Hall–Kier alpha value is -1.59. The summed E-state index contributed by atoms with van der Waals surface area (Å²) in [5.74, 6) is -0.375. The molecule has 0 amide bonds. The molecular formula is C8H10N4O2S. The number of ether oxygens (including phenoxy) is 1. The van der Waals surface area contributed by atoms with Gasteiger partial charge in [-0.05, 0) is 19.4 Å². The molecule has 1 aromatic rings. The first-order chi connectivity index (χ1) is 7.19. The second-order valence-electron chi connectivity index (χ2n) is 2.63. The molecule has 6 nitrogen and oxygen atoms in total. The van der Waals surface area contributed by atoms with Gasteiger partial charge in [-0.1, -0.05) is 5.11 Å². The van der Waals surface area contributed by atoms with E-state index in [4.69, 9.17) is 10.3 Å². The van der Waals surface area contributed by atoms with E-state index in [9.17, 15) is 4.79 Å². The number of nitrogens with zero attached hydrogens (tertiary/aromatic N) is 4. The van der Waals surface area contributed by atoms with Crippen molar-refractivity contribution in [3.63, 3.8) is 0 Å². The smallest absolute Gasteiger partial charge is 0.350 e. The Balaban J connectivity index is 2.85. The van der Waals surface area contributed by atoms with E-state index in [2.05, 4.69) is 15.0 Å². The monoisotopic (exact) mass is 226 g/mol. The fourth-order valence-electron chi connectivity index (χ4n) is 0.998. The molecule has 0 spiro atoms. The maximum atomic E-state index is 11.4. The average Bonchev–Trinajstić information content (AvgIpc) is 2.57. The van der Waals surface area contributed by atoms with Crippen LogP contribution in [0.5, 0.6) is 0 Å². The Morgan fingerprint density at radius 2 is 2.47 bits per heavy atom. The van der Waals surface area contributed by atoms with E-state index in [1.54, 1.807) is 13.8 Å². The Bertz CT molecular complexity index is 409. The van der Waals surface area contributed by atoms with E-state index >= 15 is 0 Å². The highest BCUT2D eigenvalue weighted by molar-refractivity contribution is 7.13. The Labute approximate surface area is 90.5 Å². The van der Waals surface area contributed by atoms with Crippen LogP contribution in [0.15, 0.2) is 5.11 Å². The van der Waals surface area contributed by atoms with Crippen LogP contribution in [0, 0.1) is 6.92 Å². The van der Waals surface area contributed by atoms with Crippen molar-refractivity contribution in [3.05, 3.63) is 26.0 Å². The normalized spacial score (nSPS) is 9.47. The molecule has 0 fully saturated rings. The number of thiazole rings is 1. The van der Waals surface area contributed by atoms with Crippen LogP contribution in [0.3, 0.4) is 0 Å². The molecule has 80 valence electrons. The van der Waals surface area contributed by atoms with Crippen molar-refractivity contribution in [2.75, 3.05) is 6.61 Å². The van der Waals surface area contributed by atoms with Gasteiger partial charge >= 0.3 is 5.97 Å². The lowest BCUT2D eigenvalue weighted by Crippen LogP contribution is -2.03. The van der Waals surface area contributed by atoms with E-state index in [0.29, 0.717) is 22.2 Å². The molecule has 0 aromatic carbocycles. The summed E-state index contributed by atoms with van der Waals surface area (Å²) in [6.07, 6.45) is 0. The second-order valence-corrected chi connectivity index (χ2v) is 3.72. The molecule has 0 atom stereocenters. The lowest BCUT2D eigenvalue weighted by Gasteiger charge is -1.97. The standard InChI is InChI=1S/C8H10N4O2S/c1-3-14-8(13)7-5(2)11-6(15-7)4-10-12-9/h3-4H2,1-2H3. The van der Waals surface area contributed by atoms with Crippen molar-refractivity contribution >= 4 is 17.3 Å². The van der Waals surface area contributed by atoms with Crippen molar-refractivity contribution in [3.8, 4) is 0 Å². The van der Waals surface area contributed by atoms with Gasteiger partial charge in [0.25, 0.3) is 0 Å². The van der Waals surface area contributed by atoms with Gasteiger partial charge in [0.05, 0.1) is 23.9 Å². The first-order valence-electron chi connectivity index (χ1n) is 4.33. The van der Waals surface area contributed by atoms with E-state index in [1.807, 2.05) is 0 Å². The molecule has 15 heavy (non-hydrogen) atoms. The quantitative estimate of drug-likeness (QED) is 0.342. The zero-order chi connectivity index (χ0) is 11.3. The summed E-state index contributed by atoms with van der Waals surface area (Å²) >= 11 is 1.20. The molecule has 1 rings (SSSR count). The van der Waals surface area contributed by atoms with Crippen LogP contribution in [0.4, 0.5) is 0 Å². The molecule has 7 heteroatoms. The molecule has 1 aromatic heterocycles. The number of azide groups is 1. The fraction of sp³-hybridized carbons (Fsp3) is 0.500. The summed E-state index contributed by atoms with van der Waals surface area (Å²) in [6, 6.07) is 0. The van der Waals surface area contributed by atoms with E-state index in [0.717, 1.165) is 0 Å². The van der Waals surface area contributed by atoms with Gasteiger partial charge < -0.3 is 4.74 Å². The number of hydrogen-bond acceptors (Lipinski definition) is 5. The summed E-state index contributed by atoms with van der Waals surface area (Å²) in [6.45, 7) is 3.97. The number of rotatable bonds is 4. The molecule has 0 unspecified atom stereocenters. The van der Waals surface area contributed by atoms with E-state index in [-0.39, 0.29) is 12.5 Å². The molecule has 0 radical (unpaired) electrons. The maximum absolute atomic E-state index is 11.4. The van der Waals surface area contributed by atoms with Crippen LogP contribution in [0.1, 0.15) is 27.3 Å². The zero-order valence-corrected chi connectivity index (χ0v) is 9.24. The van der Waals surface area contributed by atoms with Crippen molar-refractivity contribution in [2.24, 2.45) is 5.11 Å². The summed E-state index contributed by atoms with van der Waals surface area (Å²) in [5, 5.41) is 4.00. The summed E-state index contributed by atoms with van der Waals surface area (Å²) < 4.78 is 4.85.